The molecular formula is C12H17N3O3. The van der Waals surface area contributed by atoms with Crippen LogP contribution in [0.4, 0.5) is 4.79 Å². The summed E-state index contributed by atoms with van der Waals surface area (Å²) in [6, 6.07) is 2.89. The summed E-state index contributed by atoms with van der Waals surface area (Å²) in [5.41, 5.74) is 3.73. The molecule has 0 bridgehead atoms. The fourth-order valence-corrected chi connectivity index (χ4v) is 2.01. The zero-order valence-electron chi connectivity index (χ0n) is 10.7. The molecule has 0 aromatic carbocycles. The fraction of sp³-hybridized carbons (Fsp3) is 0.500. The van der Waals surface area contributed by atoms with Gasteiger partial charge in [-0.15, -0.1) is 0 Å². The first-order valence-corrected chi connectivity index (χ1v) is 5.74. The highest BCUT2D eigenvalue weighted by Crippen LogP contribution is 2.32. The van der Waals surface area contributed by atoms with E-state index in [9.17, 15) is 9.59 Å². The van der Waals surface area contributed by atoms with E-state index in [0.29, 0.717) is 5.76 Å². The van der Waals surface area contributed by atoms with E-state index in [1.54, 1.807) is 32.9 Å². The number of carbonyl (C=O) groups is 2. The van der Waals surface area contributed by atoms with Gasteiger partial charge in [-0.1, -0.05) is 0 Å². The molecule has 3 amide bonds. The number of carbonyl (C=O) groups excluding carboxylic acids is 2. The summed E-state index contributed by atoms with van der Waals surface area (Å²) >= 11 is 0. The predicted molar refractivity (Wildman–Crippen MR) is 64.6 cm³/mol. The maximum atomic E-state index is 12.5. The van der Waals surface area contributed by atoms with Gasteiger partial charge in [-0.25, -0.2) is 4.79 Å². The number of rotatable bonds is 3. The van der Waals surface area contributed by atoms with Crippen molar-refractivity contribution in [2.24, 2.45) is 5.73 Å². The smallest absolute Gasteiger partial charge is 0.325 e. The summed E-state index contributed by atoms with van der Waals surface area (Å²) in [6.45, 7) is 5.32. The highest BCUT2D eigenvalue weighted by molar-refractivity contribution is 6.07. The molecule has 2 heterocycles. The molecule has 1 aliphatic heterocycles. The third-order valence-corrected chi connectivity index (χ3v) is 3.31. The second kappa shape index (κ2) is 3.84. The van der Waals surface area contributed by atoms with E-state index >= 15 is 0 Å². The van der Waals surface area contributed by atoms with Gasteiger partial charge in [0.1, 0.15) is 5.76 Å². The molecule has 6 nitrogen and oxygen atoms in total. The summed E-state index contributed by atoms with van der Waals surface area (Å²) in [7, 11) is 0. The molecule has 1 aliphatic rings. The number of imide groups is 1. The van der Waals surface area contributed by atoms with Gasteiger partial charge < -0.3 is 15.5 Å². The Hall–Kier alpha value is -1.82. The van der Waals surface area contributed by atoms with Crippen molar-refractivity contribution in [2.45, 2.75) is 31.8 Å². The maximum Gasteiger partial charge on any atom is 0.325 e. The van der Waals surface area contributed by atoms with Crippen LogP contribution >= 0.6 is 0 Å². The number of urea groups is 1. The van der Waals surface area contributed by atoms with Crippen LogP contribution in [0, 0.1) is 0 Å². The van der Waals surface area contributed by atoms with Crippen molar-refractivity contribution in [3.05, 3.63) is 24.2 Å². The summed E-state index contributed by atoms with van der Waals surface area (Å²) in [5, 5.41) is 2.66. The van der Waals surface area contributed by atoms with Crippen LogP contribution in [0.2, 0.25) is 0 Å². The normalized spacial score (nSPS) is 24.6. The topological polar surface area (TPSA) is 88.6 Å². The van der Waals surface area contributed by atoms with E-state index in [2.05, 4.69) is 5.32 Å². The fourth-order valence-electron chi connectivity index (χ4n) is 2.01. The predicted octanol–water partition coefficient (Wildman–Crippen LogP) is 0.784. The Kier molecular flexibility index (Phi) is 2.70. The van der Waals surface area contributed by atoms with Crippen molar-refractivity contribution >= 4 is 11.9 Å². The van der Waals surface area contributed by atoms with Gasteiger partial charge >= 0.3 is 6.03 Å². The lowest BCUT2D eigenvalue weighted by molar-refractivity contribution is -0.134. The molecule has 1 unspecified atom stereocenters. The van der Waals surface area contributed by atoms with Gasteiger partial charge in [0.15, 0.2) is 5.54 Å². The minimum Gasteiger partial charge on any atom is -0.466 e. The minimum absolute atomic E-state index is 0.195. The molecule has 0 aliphatic carbocycles. The SMILES string of the molecule is CC1(c2ccco2)NC(=O)N(C(C)(C)CN)C1=O. The van der Waals surface area contributed by atoms with Crippen LogP contribution in [0.1, 0.15) is 26.5 Å². The largest absolute Gasteiger partial charge is 0.466 e. The Morgan fingerprint density at radius 1 is 1.50 bits per heavy atom. The monoisotopic (exact) mass is 251 g/mol. The van der Waals surface area contributed by atoms with Crippen molar-refractivity contribution < 1.29 is 14.0 Å². The summed E-state index contributed by atoms with van der Waals surface area (Å²) < 4.78 is 5.24. The molecule has 1 atom stereocenters. The number of amides is 3. The summed E-state index contributed by atoms with van der Waals surface area (Å²) in [5.74, 6) is 0.0640. The lowest BCUT2D eigenvalue weighted by Gasteiger charge is -2.32. The van der Waals surface area contributed by atoms with Gasteiger partial charge in [-0.2, -0.15) is 0 Å². The molecule has 18 heavy (non-hydrogen) atoms. The average Bonchev–Trinajstić information content (AvgIpc) is 2.88. The summed E-state index contributed by atoms with van der Waals surface area (Å²) in [6.07, 6.45) is 1.47. The van der Waals surface area contributed by atoms with Crippen LogP contribution in [0.3, 0.4) is 0 Å². The molecule has 1 aromatic heterocycles. The zero-order valence-corrected chi connectivity index (χ0v) is 10.7. The molecule has 1 aromatic rings. The van der Waals surface area contributed by atoms with Crippen molar-refractivity contribution in [1.82, 2.24) is 10.2 Å². The van der Waals surface area contributed by atoms with Gasteiger partial charge in [0.25, 0.3) is 5.91 Å². The molecule has 0 radical (unpaired) electrons. The Morgan fingerprint density at radius 3 is 2.67 bits per heavy atom. The van der Waals surface area contributed by atoms with Crippen LogP contribution in [0.15, 0.2) is 22.8 Å². The second-order valence-electron chi connectivity index (χ2n) is 5.19. The van der Waals surface area contributed by atoms with Gasteiger partial charge in [-0.3, -0.25) is 9.69 Å². The molecule has 1 fully saturated rings. The van der Waals surface area contributed by atoms with Crippen molar-refractivity contribution in [1.29, 1.82) is 0 Å². The van der Waals surface area contributed by atoms with Crippen molar-refractivity contribution in [3.63, 3.8) is 0 Å². The number of nitrogens with two attached hydrogens (primary N) is 1. The molecule has 2 rings (SSSR count). The lowest BCUT2D eigenvalue weighted by Crippen LogP contribution is -2.53. The van der Waals surface area contributed by atoms with E-state index in [1.165, 1.54) is 6.26 Å². The van der Waals surface area contributed by atoms with Crippen LogP contribution < -0.4 is 11.1 Å². The standard InChI is InChI=1S/C12H17N3O3/c1-11(2,7-13)15-9(16)12(3,14-10(15)17)8-5-4-6-18-8/h4-6H,7,13H2,1-3H3,(H,14,17). The first kappa shape index (κ1) is 12.6. The van der Waals surface area contributed by atoms with Gasteiger partial charge in [0.05, 0.1) is 11.8 Å². The maximum absolute atomic E-state index is 12.5. The Balaban J connectivity index is 2.41. The third kappa shape index (κ3) is 1.60. The van der Waals surface area contributed by atoms with Gasteiger partial charge in [0.2, 0.25) is 0 Å². The van der Waals surface area contributed by atoms with Crippen LogP contribution in [-0.4, -0.2) is 28.9 Å². The number of hydrogen-bond acceptors (Lipinski definition) is 4. The molecule has 0 saturated carbocycles. The van der Waals surface area contributed by atoms with E-state index in [-0.39, 0.29) is 12.5 Å². The van der Waals surface area contributed by atoms with E-state index < -0.39 is 17.1 Å². The second-order valence-corrected chi connectivity index (χ2v) is 5.19. The van der Waals surface area contributed by atoms with Crippen LogP contribution in [0.5, 0.6) is 0 Å². The quantitative estimate of drug-likeness (QED) is 0.777. The molecule has 1 saturated heterocycles. The highest BCUT2D eigenvalue weighted by atomic mass is 16.3. The number of nitrogens with one attached hydrogen (secondary N) is 1. The average molecular weight is 251 g/mol. The van der Waals surface area contributed by atoms with E-state index in [4.69, 9.17) is 10.2 Å². The number of furan rings is 1. The van der Waals surface area contributed by atoms with Crippen molar-refractivity contribution in [3.8, 4) is 0 Å². The summed E-state index contributed by atoms with van der Waals surface area (Å²) in [4.78, 5) is 25.6. The van der Waals surface area contributed by atoms with Gasteiger partial charge in [-0.05, 0) is 32.9 Å². The van der Waals surface area contributed by atoms with Crippen LogP contribution in [0.25, 0.3) is 0 Å². The Morgan fingerprint density at radius 2 is 2.17 bits per heavy atom. The first-order chi connectivity index (χ1) is 8.33. The Bertz CT molecular complexity index is 481. The first-order valence-electron chi connectivity index (χ1n) is 5.74. The zero-order chi connectivity index (χ0) is 13.6. The molecule has 6 heteroatoms. The molecule has 98 valence electrons. The number of hydrogen-bond donors (Lipinski definition) is 2. The van der Waals surface area contributed by atoms with E-state index in [0.717, 1.165) is 4.90 Å². The molecule has 0 spiro atoms. The molecule has 3 N–H and O–H groups in total. The minimum atomic E-state index is -1.16. The highest BCUT2D eigenvalue weighted by Gasteiger charge is 2.54. The van der Waals surface area contributed by atoms with Crippen molar-refractivity contribution in [2.75, 3.05) is 6.54 Å². The van der Waals surface area contributed by atoms with Crippen LogP contribution in [-0.2, 0) is 10.3 Å². The lowest BCUT2D eigenvalue weighted by atomic mass is 9.96. The third-order valence-electron chi connectivity index (χ3n) is 3.31. The van der Waals surface area contributed by atoms with Gasteiger partial charge in [0, 0.05) is 6.54 Å². The van der Waals surface area contributed by atoms with E-state index in [1.807, 2.05) is 0 Å². The number of nitrogens with zero attached hydrogens (tertiary/aromatic N) is 1. The Labute approximate surface area is 105 Å². The molecular weight excluding hydrogens is 234 g/mol.